The van der Waals surface area contributed by atoms with Crippen molar-refractivity contribution < 1.29 is 15.0 Å². The van der Waals surface area contributed by atoms with E-state index >= 15 is 0 Å². The van der Waals surface area contributed by atoms with Gasteiger partial charge in [0.1, 0.15) is 11.5 Å². The van der Waals surface area contributed by atoms with Gasteiger partial charge in [0.15, 0.2) is 0 Å². The molecule has 122 valence electrons. The molecule has 0 saturated heterocycles. The molecule has 0 radical (unpaired) electrons. The number of carbonyl (C=O) groups excluding carboxylic acids is 1. The molecule has 0 unspecified atom stereocenters. The molecule has 0 saturated carbocycles. The highest BCUT2D eigenvalue weighted by Crippen LogP contribution is 2.37. The zero-order valence-corrected chi connectivity index (χ0v) is 12.9. The first-order valence-electron chi connectivity index (χ1n) is 7.40. The van der Waals surface area contributed by atoms with Crippen LogP contribution < -0.4 is 5.32 Å². The number of amides is 1. The van der Waals surface area contributed by atoms with Crippen LogP contribution in [0.25, 0.3) is 11.3 Å². The van der Waals surface area contributed by atoms with Crippen LogP contribution in [0.1, 0.15) is 22.8 Å². The highest BCUT2D eigenvalue weighted by atomic mass is 16.3. The summed E-state index contributed by atoms with van der Waals surface area (Å²) >= 11 is 0. The molecule has 24 heavy (non-hydrogen) atoms. The summed E-state index contributed by atoms with van der Waals surface area (Å²) in [5.74, 6) is -0.386. The summed E-state index contributed by atoms with van der Waals surface area (Å²) in [6.07, 6.45) is 5.13. The number of hydrogen-bond donors (Lipinski definition) is 4. The number of rotatable bonds is 4. The number of carbonyl (C=O) groups is 1. The largest absolute Gasteiger partial charge is 0.508 e. The topological polar surface area (TPSA) is 111 Å². The number of aryl methyl sites for hydroxylation is 1. The van der Waals surface area contributed by atoms with Crippen molar-refractivity contribution in [3.05, 3.63) is 54.0 Å². The van der Waals surface area contributed by atoms with Gasteiger partial charge < -0.3 is 15.5 Å². The Kier molecular flexibility index (Phi) is 4.15. The number of anilines is 1. The van der Waals surface area contributed by atoms with Crippen LogP contribution in [-0.2, 0) is 6.42 Å². The first-order valence-corrected chi connectivity index (χ1v) is 7.40. The molecular weight excluding hydrogens is 308 g/mol. The molecule has 0 bridgehead atoms. The van der Waals surface area contributed by atoms with E-state index in [9.17, 15) is 15.0 Å². The lowest BCUT2D eigenvalue weighted by atomic mass is 10.0. The number of aromatic amines is 1. The standard InChI is InChI=1S/C17H16N4O3/c1-2-10-7-12(15(23)8-14(10)22)16-13(9-19-21-16)20-17(24)11-3-5-18-6-4-11/h3-9,22-23H,2H2,1H3,(H,19,21)(H,20,24). The van der Waals surface area contributed by atoms with Crippen LogP contribution in [0.5, 0.6) is 11.5 Å². The molecule has 3 rings (SSSR count). The van der Waals surface area contributed by atoms with Crippen LogP contribution >= 0.6 is 0 Å². The SMILES string of the molecule is CCc1cc(-c2[nH]ncc2NC(=O)c2ccncc2)c(O)cc1O. The lowest BCUT2D eigenvalue weighted by molar-refractivity contribution is 0.102. The third-order valence-corrected chi connectivity index (χ3v) is 3.68. The van der Waals surface area contributed by atoms with Crippen LogP contribution in [0.15, 0.2) is 42.9 Å². The number of pyridine rings is 1. The van der Waals surface area contributed by atoms with Gasteiger partial charge in [-0.1, -0.05) is 6.92 Å². The number of H-pyrrole nitrogens is 1. The summed E-state index contributed by atoms with van der Waals surface area (Å²) < 4.78 is 0. The van der Waals surface area contributed by atoms with E-state index in [1.807, 2.05) is 6.92 Å². The van der Waals surface area contributed by atoms with Crippen LogP contribution in [0.4, 0.5) is 5.69 Å². The van der Waals surface area contributed by atoms with E-state index in [2.05, 4.69) is 20.5 Å². The number of nitrogens with one attached hydrogen (secondary N) is 2. The monoisotopic (exact) mass is 324 g/mol. The first kappa shape index (κ1) is 15.5. The summed E-state index contributed by atoms with van der Waals surface area (Å²) in [6.45, 7) is 1.90. The van der Waals surface area contributed by atoms with Gasteiger partial charge >= 0.3 is 0 Å². The Morgan fingerprint density at radius 3 is 2.67 bits per heavy atom. The molecule has 7 nitrogen and oxygen atoms in total. The molecule has 2 heterocycles. The minimum absolute atomic E-state index is 0.0284. The molecule has 0 atom stereocenters. The average molecular weight is 324 g/mol. The Morgan fingerprint density at radius 1 is 1.21 bits per heavy atom. The average Bonchev–Trinajstić information content (AvgIpc) is 3.03. The van der Waals surface area contributed by atoms with Gasteiger partial charge in [0.2, 0.25) is 0 Å². The Hall–Kier alpha value is -3.35. The maximum atomic E-state index is 12.3. The van der Waals surface area contributed by atoms with Crippen molar-refractivity contribution in [2.45, 2.75) is 13.3 Å². The molecule has 4 N–H and O–H groups in total. The predicted octanol–water partition coefficient (Wildman–Crippen LogP) is 2.70. The number of benzene rings is 1. The first-order chi connectivity index (χ1) is 11.6. The second-order valence-electron chi connectivity index (χ2n) is 5.20. The Labute approximate surface area is 138 Å². The lowest BCUT2D eigenvalue weighted by Crippen LogP contribution is -2.12. The van der Waals surface area contributed by atoms with Gasteiger partial charge in [-0.15, -0.1) is 0 Å². The Morgan fingerprint density at radius 2 is 1.96 bits per heavy atom. The number of aromatic hydroxyl groups is 2. The summed E-state index contributed by atoms with van der Waals surface area (Å²) in [7, 11) is 0. The molecule has 1 amide bonds. The van der Waals surface area contributed by atoms with Gasteiger partial charge in [-0.3, -0.25) is 14.9 Å². The normalized spacial score (nSPS) is 10.5. The molecule has 0 aliphatic carbocycles. The number of nitrogens with zero attached hydrogens (tertiary/aromatic N) is 2. The molecule has 0 spiro atoms. The van der Waals surface area contributed by atoms with E-state index in [1.165, 1.54) is 24.7 Å². The minimum Gasteiger partial charge on any atom is -0.508 e. The van der Waals surface area contributed by atoms with Gasteiger partial charge in [0.25, 0.3) is 5.91 Å². The van der Waals surface area contributed by atoms with Crippen molar-refractivity contribution in [2.24, 2.45) is 0 Å². The van der Waals surface area contributed by atoms with Crippen molar-refractivity contribution in [1.29, 1.82) is 0 Å². The molecule has 3 aromatic rings. The molecule has 1 aromatic carbocycles. The fraction of sp³-hybridized carbons (Fsp3) is 0.118. The van der Waals surface area contributed by atoms with E-state index in [4.69, 9.17) is 0 Å². The number of aromatic nitrogens is 3. The zero-order valence-electron chi connectivity index (χ0n) is 12.9. The van der Waals surface area contributed by atoms with Gasteiger partial charge in [-0.25, -0.2) is 0 Å². The second-order valence-corrected chi connectivity index (χ2v) is 5.20. The highest BCUT2D eigenvalue weighted by molar-refractivity contribution is 6.06. The number of phenolic OH excluding ortho intramolecular Hbond substituents is 2. The van der Waals surface area contributed by atoms with E-state index in [0.29, 0.717) is 34.5 Å². The zero-order chi connectivity index (χ0) is 17.1. The molecule has 0 aliphatic heterocycles. The Balaban J connectivity index is 1.95. The predicted molar refractivity (Wildman–Crippen MR) is 88.9 cm³/mol. The molecule has 2 aromatic heterocycles. The van der Waals surface area contributed by atoms with Gasteiger partial charge in [-0.2, -0.15) is 5.10 Å². The minimum atomic E-state index is -0.311. The fourth-order valence-electron chi connectivity index (χ4n) is 2.39. The van der Waals surface area contributed by atoms with Crippen LogP contribution in [-0.4, -0.2) is 31.3 Å². The van der Waals surface area contributed by atoms with E-state index in [-0.39, 0.29) is 17.4 Å². The van der Waals surface area contributed by atoms with Crippen LogP contribution in [0, 0.1) is 0 Å². The quantitative estimate of drug-likeness (QED) is 0.589. The molecule has 7 heteroatoms. The summed E-state index contributed by atoms with van der Waals surface area (Å²) in [5, 5.41) is 29.4. The van der Waals surface area contributed by atoms with E-state index in [0.717, 1.165) is 0 Å². The molecule has 0 aliphatic rings. The van der Waals surface area contributed by atoms with Crippen molar-refractivity contribution in [3.63, 3.8) is 0 Å². The highest BCUT2D eigenvalue weighted by Gasteiger charge is 2.17. The Bertz CT molecular complexity index is 875. The summed E-state index contributed by atoms with van der Waals surface area (Å²) in [6, 6.07) is 6.15. The molecule has 0 fully saturated rings. The van der Waals surface area contributed by atoms with Crippen molar-refractivity contribution in [1.82, 2.24) is 15.2 Å². The lowest BCUT2D eigenvalue weighted by Gasteiger charge is -2.10. The smallest absolute Gasteiger partial charge is 0.255 e. The summed E-state index contributed by atoms with van der Waals surface area (Å²) in [5.41, 5.74) is 2.49. The number of phenols is 2. The maximum absolute atomic E-state index is 12.3. The second kappa shape index (κ2) is 6.41. The van der Waals surface area contributed by atoms with Crippen molar-refractivity contribution in [2.75, 3.05) is 5.32 Å². The molecular formula is C17H16N4O3. The fourth-order valence-corrected chi connectivity index (χ4v) is 2.39. The third-order valence-electron chi connectivity index (χ3n) is 3.68. The third kappa shape index (κ3) is 2.91. The maximum Gasteiger partial charge on any atom is 0.255 e. The number of hydrogen-bond acceptors (Lipinski definition) is 5. The van der Waals surface area contributed by atoms with Crippen LogP contribution in [0.2, 0.25) is 0 Å². The van der Waals surface area contributed by atoms with Crippen LogP contribution in [0.3, 0.4) is 0 Å². The van der Waals surface area contributed by atoms with Gasteiger partial charge in [0.05, 0.1) is 17.6 Å². The van der Waals surface area contributed by atoms with Crippen molar-refractivity contribution in [3.8, 4) is 22.8 Å². The summed E-state index contributed by atoms with van der Waals surface area (Å²) in [4.78, 5) is 16.1. The van der Waals surface area contributed by atoms with Gasteiger partial charge in [0, 0.05) is 29.6 Å². The van der Waals surface area contributed by atoms with Gasteiger partial charge in [-0.05, 0) is 30.2 Å². The van der Waals surface area contributed by atoms with Crippen molar-refractivity contribution >= 4 is 11.6 Å². The van der Waals surface area contributed by atoms with E-state index in [1.54, 1.807) is 18.2 Å². The van der Waals surface area contributed by atoms with E-state index < -0.39 is 0 Å².